The Kier molecular flexibility index (Phi) is 4.25. The minimum atomic E-state index is -0.612. The van der Waals surface area contributed by atoms with Crippen LogP contribution in [0.3, 0.4) is 0 Å². The number of amides is 1. The van der Waals surface area contributed by atoms with Gasteiger partial charge in [0.25, 0.3) is 0 Å². The van der Waals surface area contributed by atoms with Gasteiger partial charge in [-0.05, 0) is 25.1 Å². The van der Waals surface area contributed by atoms with Gasteiger partial charge >= 0.3 is 0 Å². The minimum absolute atomic E-state index is 0.157. The van der Waals surface area contributed by atoms with Crippen molar-refractivity contribution in [3.05, 3.63) is 51.5 Å². The third-order valence-corrected chi connectivity index (χ3v) is 4.84. The van der Waals surface area contributed by atoms with Crippen molar-refractivity contribution in [1.82, 2.24) is 9.97 Å². The molecule has 1 aromatic heterocycles. The summed E-state index contributed by atoms with van der Waals surface area (Å²) in [5.41, 5.74) is 0.874. The van der Waals surface area contributed by atoms with Crippen molar-refractivity contribution in [1.29, 1.82) is 0 Å². The molecular formula is C14H10Cl2FN3OS. The van der Waals surface area contributed by atoms with Crippen molar-refractivity contribution < 1.29 is 9.18 Å². The first-order valence-electron chi connectivity index (χ1n) is 6.36. The average Bonchev–Trinajstić information content (AvgIpc) is 2.79. The molecular weight excluding hydrogens is 348 g/mol. The van der Waals surface area contributed by atoms with E-state index in [1.54, 1.807) is 19.1 Å². The summed E-state index contributed by atoms with van der Waals surface area (Å²) in [4.78, 5) is 21.9. The summed E-state index contributed by atoms with van der Waals surface area (Å²) < 4.78 is 14.2. The van der Waals surface area contributed by atoms with Crippen molar-refractivity contribution in [2.75, 3.05) is 10.7 Å². The molecule has 1 aromatic carbocycles. The van der Waals surface area contributed by atoms with Gasteiger partial charge in [-0.1, -0.05) is 29.3 Å². The van der Waals surface area contributed by atoms with E-state index in [1.807, 2.05) is 0 Å². The maximum atomic E-state index is 14.2. The van der Waals surface area contributed by atoms with Crippen LogP contribution < -0.4 is 4.90 Å². The molecule has 3 rings (SSSR count). The number of aromatic nitrogens is 2. The van der Waals surface area contributed by atoms with Gasteiger partial charge in [0, 0.05) is 16.3 Å². The van der Waals surface area contributed by atoms with Crippen molar-refractivity contribution in [3.8, 4) is 0 Å². The lowest BCUT2D eigenvalue weighted by molar-refractivity contribution is -0.115. The molecule has 1 amide bonds. The second-order valence-electron chi connectivity index (χ2n) is 4.69. The van der Waals surface area contributed by atoms with Crippen LogP contribution >= 0.6 is 35.0 Å². The molecule has 114 valence electrons. The second-order valence-corrected chi connectivity index (χ2v) is 6.56. The van der Waals surface area contributed by atoms with Crippen molar-refractivity contribution in [3.63, 3.8) is 0 Å². The highest BCUT2D eigenvalue weighted by Gasteiger charge is 2.38. The van der Waals surface area contributed by atoms with Crippen molar-refractivity contribution in [2.45, 2.75) is 12.3 Å². The molecule has 0 bridgehead atoms. The average molecular weight is 358 g/mol. The summed E-state index contributed by atoms with van der Waals surface area (Å²) in [7, 11) is 0. The van der Waals surface area contributed by atoms with E-state index in [1.165, 1.54) is 28.8 Å². The van der Waals surface area contributed by atoms with Gasteiger partial charge in [-0.3, -0.25) is 9.69 Å². The third kappa shape index (κ3) is 2.78. The highest BCUT2D eigenvalue weighted by atomic mass is 35.5. The zero-order valence-electron chi connectivity index (χ0n) is 11.4. The molecule has 0 N–H and O–H groups in total. The molecule has 0 aliphatic carbocycles. The van der Waals surface area contributed by atoms with Gasteiger partial charge in [-0.25, -0.2) is 14.4 Å². The van der Waals surface area contributed by atoms with Crippen LogP contribution in [0.1, 0.15) is 16.6 Å². The molecule has 1 fully saturated rings. The fourth-order valence-corrected chi connectivity index (χ4v) is 3.99. The lowest BCUT2D eigenvalue weighted by Gasteiger charge is -2.23. The Morgan fingerprint density at radius 3 is 2.82 bits per heavy atom. The van der Waals surface area contributed by atoms with Crippen LogP contribution in [0.4, 0.5) is 10.3 Å². The molecule has 0 saturated carbocycles. The number of aryl methyl sites for hydroxylation is 1. The minimum Gasteiger partial charge on any atom is -0.273 e. The normalized spacial score (nSPS) is 18.1. The first-order chi connectivity index (χ1) is 10.5. The van der Waals surface area contributed by atoms with Crippen LogP contribution in [0, 0.1) is 12.7 Å². The van der Waals surface area contributed by atoms with Crippen LogP contribution in [-0.4, -0.2) is 21.6 Å². The number of halogens is 3. The van der Waals surface area contributed by atoms with E-state index in [0.29, 0.717) is 5.69 Å². The number of hydrogen-bond donors (Lipinski definition) is 0. The summed E-state index contributed by atoms with van der Waals surface area (Å²) in [5, 5.41) is -0.124. The summed E-state index contributed by atoms with van der Waals surface area (Å²) in [6, 6.07) is 6.01. The van der Waals surface area contributed by atoms with Crippen LogP contribution in [0.5, 0.6) is 0 Å². The number of anilines is 1. The number of rotatable bonds is 2. The fraction of sp³-hybridized carbons (Fsp3) is 0.214. The van der Waals surface area contributed by atoms with Gasteiger partial charge in [-0.15, -0.1) is 11.8 Å². The van der Waals surface area contributed by atoms with Crippen molar-refractivity contribution >= 4 is 46.8 Å². The van der Waals surface area contributed by atoms with E-state index in [2.05, 4.69) is 9.97 Å². The standard InChI is InChI=1S/C14H10Cl2FN3OS/c1-7-5-10(16)19-14(18-7)20-11(21)6-22-13(20)12-8(15)3-2-4-9(12)17/h2-5,13H,6H2,1H3. The van der Waals surface area contributed by atoms with Gasteiger partial charge in [0.15, 0.2) is 0 Å². The quantitative estimate of drug-likeness (QED) is 0.761. The van der Waals surface area contributed by atoms with E-state index in [4.69, 9.17) is 23.2 Å². The lowest BCUT2D eigenvalue weighted by atomic mass is 10.2. The van der Waals surface area contributed by atoms with Crippen LogP contribution in [0.25, 0.3) is 0 Å². The summed E-state index contributed by atoms with van der Waals surface area (Å²) in [6.07, 6.45) is 0. The number of thioether (sulfide) groups is 1. The maximum absolute atomic E-state index is 14.2. The van der Waals surface area contributed by atoms with Crippen LogP contribution in [-0.2, 0) is 4.79 Å². The third-order valence-electron chi connectivity index (χ3n) is 3.14. The lowest BCUT2D eigenvalue weighted by Crippen LogP contribution is -2.30. The maximum Gasteiger partial charge on any atom is 0.240 e. The molecule has 0 spiro atoms. The second kappa shape index (κ2) is 6.02. The number of hydrogen-bond acceptors (Lipinski definition) is 4. The van der Waals surface area contributed by atoms with Crippen LogP contribution in [0.2, 0.25) is 10.2 Å². The Balaban J connectivity index is 2.10. The zero-order chi connectivity index (χ0) is 15.9. The number of carbonyl (C=O) groups excluding carboxylic acids is 1. The number of nitrogens with zero attached hydrogens (tertiary/aromatic N) is 3. The number of carbonyl (C=O) groups is 1. The predicted octanol–water partition coefficient (Wildman–Crippen LogP) is 4.01. The SMILES string of the molecule is Cc1cc(Cl)nc(N2C(=O)CSC2c2c(F)cccc2Cl)n1. The molecule has 1 aliphatic heterocycles. The largest absolute Gasteiger partial charge is 0.273 e. The Labute approximate surface area is 140 Å². The molecule has 1 saturated heterocycles. The van der Waals surface area contributed by atoms with E-state index < -0.39 is 11.2 Å². The molecule has 1 atom stereocenters. The highest BCUT2D eigenvalue weighted by molar-refractivity contribution is 8.00. The predicted molar refractivity (Wildman–Crippen MR) is 85.9 cm³/mol. The van der Waals surface area contributed by atoms with Gasteiger partial charge in [0.1, 0.15) is 16.3 Å². The van der Waals surface area contributed by atoms with Crippen LogP contribution in [0.15, 0.2) is 24.3 Å². The Bertz CT molecular complexity index is 718. The summed E-state index contributed by atoms with van der Waals surface area (Å²) in [5.74, 6) is -0.326. The molecule has 4 nitrogen and oxygen atoms in total. The molecule has 2 aromatic rings. The Morgan fingerprint density at radius 1 is 1.36 bits per heavy atom. The van der Waals surface area contributed by atoms with E-state index in [-0.39, 0.29) is 33.3 Å². The molecule has 1 unspecified atom stereocenters. The van der Waals surface area contributed by atoms with E-state index >= 15 is 0 Å². The summed E-state index contributed by atoms with van der Waals surface area (Å²) >= 11 is 13.3. The molecule has 22 heavy (non-hydrogen) atoms. The Morgan fingerprint density at radius 2 is 2.14 bits per heavy atom. The Hall–Kier alpha value is -1.37. The van der Waals surface area contributed by atoms with Gasteiger partial charge in [-0.2, -0.15) is 0 Å². The first kappa shape index (κ1) is 15.5. The molecule has 0 radical (unpaired) electrons. The first-order valence-corrected chi connectivity index (χ1v) is 8.16. The smallest absolute Gasteiger partial charge is 0.240 e. The van der Waals surface area contributed by atoms with Crippen molar-refractivity contribution in [2.24, 2.45) is 0 Å². The fourth-order valence-electron chi connectivity index (χ4n) is 2.22. The van der Waals surface area contributed by atoms with Gasteiger partial charge < -0.3 is 0 Å². The van der Waals surface area contributed by atoms with E-state index in [9.17, 15) is 9.18 Å². The van der Waals surface area contributed by atoms with Gasteiger partial charge in [0.2, 0.25) is 11.9 Å². The molecule has 2 heterocycles. The molecule has 8 heteroatoms. The topological polar surface area (TPSA) is 46.1 Å². The van der Waals surface area contributed by atoms with E-state index in [0.717, 1.165) is 0 Å². The monoisotopic (exact) mass is 357 g/mol. The molecule has 1 aliphatic rings. The van der Waals surface area contributed by atoms with Gasteiger partial charge in [0.05, 0.1) is 5.75 Å². The highest BCUT2D eigenvalue weighted by Crippen LogP contribution is 2.44. The zero-order valence-corrected chi connectivity index (χ0v) is 13.7. The summed E-state index contributed by atoms with van der Waals surface area (Å²) in [6.45, 7) is 1.75. The number of benzene rings is 1.